The molecule has 0 saturated carbocycles. The third kappa shape index (κ3) is 1.58. The molecule has 0 unspecified atom stereocenters. The second kappa shape index (κ2) is 3.18. The summed E-state index contributed by atoms with van der Waals surface area (Å²) in [7, 11) is 1.75. The average molecular weight is 153 g/mol. The molecule has 0 spiro atoms. The highest BCUT2D eigenvalue weighted by Crippen LogP contribution is 1.91. The summed E-state index contributed by atoms with van der Waals surface area (Å²) in [5.41, 5.74) is 0. The van der Waals surface area contributed by atoms with Crippen molar-refractivity contribution in [3.63, 3.8) is 0 Å². The average Bonchev–Trinajstić information content (AvgIpc) is 2.53. The predicted molar refractivity (Wildman–Crippen MR) is 41.3 cm³/mol. The monoisotopic (exact) mass is 153 g/mol. The molecule has 0 aliphatic carbocycles. The lowest BCUT2D eigenvalue weighted by Gasteiger charge is -2.13. The summed E-state index contributed by atoms with van der Waals surface area (Å²) < 4.78 is 1.45. The van der Waals surface area contributed by atoms with E-state index < -0.39 is 0 Å². The highest BCUT2D eigenvalue weighted by atomic mass is 16.2. The number of hydrogen-bond donors (Lipinski definition) is 0. The molecule has 0 radical (unpaired) electrons. The van der Waals surface area contributed by atoms with Crippen molar-refractivity contribution in [1.29, 1.82) is 0 Å². The number of rotatable bonds is 1. The standard InChI is InChI=1S/C7H11N3O/c1-3-9(2)7(11)10-5-4-8-6-10/h4-6H,3H2,1-2H3. The molecule has 1 amide bonds. The minimum atomic E-state index is -0.0509. The van der Waals surface area contributed by atoms with E-state index in [1.165, 1.54) is 10.9 Å². The van der Waals surface area contributed by atoms with Crippen LogP contribution in [0.5, 0.6) is 0 Å². The van der Waals surface area contributed by atoms with Gasteiger partial charge >= 0.3 is 6.03 Å². The Hall–Kier alpha value is -1.32. The zero-order valence-corrected chi connectivity index (χ0v) is 6.69. The van der Waals surface area contributed by atoms with Gasteiger partial charge in [0, 0.05) is 26.0 Å². The van der Waals surface area contributed by atoms with E-state index in [0.717, 1.165) is 0 Å². The molecule has 1 rings (SSSR count). The normalized spacial score (nSPS) is 9.64. The van der Waals surface area contributed by atoms with Gasteiger partial charge in [-0.1, -0.05) is 0 Å². The minimum Gasteiger partial charge on any atom is -0.327 e. The largest absolute Gasteiger partial charge is 0.329 e. The first-order valence-electron chi connectivity index (χ1n) is 3.49. The van der Waals surface area contributed by atoms with Crippen molar-refractivity contribution >= 4 is 6.03 Å². The number of carbonyl (C=O) groups excluding carboxylic acids is 1. The molecule has 1 aromatic rings. The number of nitrogens with zero attached hydrogens (tertiary/aromatic N) is 3. The van der Waals surface area contributed by atoms with Crippen LogP contribution in [0, 0.1) is 0 Å². The van der Waals surface area contributed by atoms with Gasteiger partial charge in [0.15, 0.2) is 0 Å². The molecular weight excluding hydrogens is 142 g/mol. The van der Waals surface area contributed by atoms with Gasteiger partial charge in [-0.2, -0.15) is 0 Å². The molecule has 0 N–H and O–H groups in total. The van der Waals surface area contributed by atoms with Crippen LogP contribution in [0.1, 0.15) is 6.92 Å². The van der Waals surface area contributed by atoms with E-state index in [9.17, 15) is 4.79 Å². The molecule has 0 fully saturated rings. The van der Waals surface area contributed by atoms with E-state index in [1.807, 2.05) is 6.92 Å². The SMILES string of the molecule is CCN(C)C(=O)n1ccnc1. The Labute approximate surface area is 65.5 Å². The van der Waals surface area contributed by atoms with Gasteiger partial charge in [-0.15, -0.1) is 0 Å². The van der Waals surface area contributed by atoms with Crippen LogP contribution in [0.3, 0.4) is 0 Å². The number of hydrogen-bond acceptors (Lipinski definition) is 2. The van der Waals surface area contributed by atoms with Crippen LogP contribution in [-0.2, 0) is 0 Å². The van der Waals surface area contributed by atoms with Crippen LogP contribution in [0.4, 0.5) is 4.79 Å². The maximum absolute atomic E-state index is 11.3. The summed E-state index contributed by atoms with van der Waals surface area (Å²) >= 11 is 0. The maximum atomic E-state index is 11.3. The molecule has 1 aromatic heterocycles. The van der Waals surface area contributed by atoms with Crippen LogP contribution < -0.4 is 0 Å². The first kappa shape index (κ1) is 7.78. The number of carbonyl (C=O) groups is 1. The number of amides is 1. The Morgan fingerprint density at radius 1 is 1.73 bits per heavy atom. The van der Waals surface area contributed by atoms with E-state index in [0.29, 0.717) is 6.54 Å². The summed E-state index contributed by atoms with van der Waals surface area (Å²) in [6, 6.07) is -0.0509. The topological polar surface area (TPSA) is 38.1 Å². The van der Waals surface area contributed by atoms with Crippen molar-refractivity contribution in [3.8, 4) is 0 Å². The van der Waals surface area contributed by atoms with Gasteiger partial charge in [-0.05, 0) is 6.92 Å². The van der Waals surface area contributed by atoms with Crippen molar-refractivity contribution < 1.29 is 4.79 Å². The summed E-state index contributed by atoms with van der Waals surface area (Å²) in [4.78, 5) is 16.7. The molecule has 0 saturated heterocycles. The summed E-state index contributed by atoms with van der Waals surface area (Å²) in [6.45, 7) is 2.63. The Kier molecular flexibility index (Phi) is 2.25. The van der Waals surface area contributed by atoms with E-state index >= 15 is 0 Å². The van der Waals surface area contributed by atoms with Gasteiger partial charge in [0.25, 0.3) is 0 Å². The lowest BCUT2D eigenvalue weighted by molar-refractivity contribution is 0.213. The fourth-order valence-corrected chi connectivity index (χ4v) is 0.705. The molecule has 4 heteroatoms. The lowest BCUT2D eigenvalue weighted by Crippen LogP contribution is -2.29. The van der Waals surface area contributed by atoms with Gasteiger partial charge in [0.05, 0.1) is 0 Å². The molecule has 0 aliphatic heterocycles. The Bertz CT molecular complexity index is 230. The molecule has 4 nitrogen and oxygen atoms in total. The van der Waals surface area contributed by atoms with Gasteiger partial charge in [0.1, 0.15) is 6.33 Å². The third-order valence-corrected chi connectivity index (χ3v) is 1.53. The van der Waals surface area contributed by atoms with Crippen molar-refractivity contribution in [2.45, 2.75) is 6.92 Å². The van der Waals surface area contributed by atoms with Crippen molar-refractivity contribution in [2.24, 2.45) is 0 Å². The summed E-state index contributed by atoms with van der Waals surface area (Å²) in [5, 5.41) is 0. The van der Waals surface area contributed by atoms with Gasteiger partial charge in [-0.3, -0.25) is 4.57 Å². The summed E-state index contributed by atoms with van der Waals surface area (Å²) in [6.07, 6.45) is 4.71. The van der Waals surface area contributed by atoms with Gasteiger partial charge < -0.3 is 4.90 Å². The maximum Gasteiger partial charge on any atom is 0.329 e. The molecule has 0 aromatic carbocycles. The molecule has 0 atom stereocenters. The van der Waals surface area contributed by atoms with E-state index in [4.69, 9.17) is 0 Å². The Morgan fingerprint density at radius 3 is 2.91 bits per heavy atom. The van der Waals surface area contributed by atoms with E-state index in [-0.39, 0.29) is 6.03 Å². The van der Waals surface area contributed by atoms with E-state index in [2.05, 4.69) is 4.98 Å². The fraction of sp³-hybridized carbons (Fsp3) is 0.429. The molecule has 0 aliphatic rings. The van der Waals surface area contributed by atoms with Gasteiger partial charge in [-0.25, -0.2) is 9.78 Å². The zero-order valence-electron chi connectivity index (χ0n) is 6.69. The molecule has 1 heterocycles. The fourth-order valence-electron chi connectivity index (χ4n) is 0.705. The van der Waals surface area contributed by atoms with Crippen LogP contribution in [0.25, 0.3) is 0 Å². The smallest absolute Gasteiger partial charge is 0.327 e. The first-order valence-corrected chi connectivity index (χ1v) is 3.49. The van der Waals surface area contributed by atoms with Crippen molar-refractivity contribution in [1.82, 2.24) is 14.5 Å². The van der Waals surface area contributed by atoms with Crippen LogP contribution in [0.15, 0.2) is 18.7 Å². The predicted octanol–water partition coefficient (Wildman–Crippen LogP) is 0.803. The van der Waals surface area contributed by atoms with E-state index in [1.54, 1.807) is 24.3 Å². The lowest BCUT2D eigenvalue weighted by atomic mass is 10.6. The highest BCUT2D eigenvalue weighted by molar-refractivity contribution is 5.76. The molecule has 11 heavy (non-hydrogen) atoms. The second-order valence-electron chi connectivity index (χ2n) is 2.27. The Balaban J connectivity index is 2.70. The number of aromatic nitrogens is 2. The van der Waals surface area contributed by atoms with Gasteiger partial charge in [0.2, 0.25) is 0 Å². The van der Waals surface area contributed by atoms with Crippen LogP contribution in [0.2, 0.25) is 0 Å². The summed E-state index contributed by atoms with van der Waals surface area (Å²) in [5.74, 6) is 0. The van der Waals surface area contributed by atoms with Crippen molar-refractivity contribution in [2.75, 3.05) is 13.6 Å². The van der Waals surface area contributed by atoms with Crippen LogP contribution in [-0.4, -0.2) is 34.1 Å². The highest BCUT2D eigenvalue weighted by Gasteiger charge is 2.06. The quantitative estimate of drug-likeness (QED) is 0.598. The number of imidazole rings is 1. The van der Waals surface area contributed by atoms with Crippen LogP contribution >= 0.6 is 0 Å². The van der Waals surface area contributed by atoms with Crippen molar-refractivity contribution in [3.05, 3.63) is 18.7 Å². The molecule has 60 valence electrons. The zero-order chi connectivity index (χ0) is 8.27. The minimum absolute atomic E-state index is 0.0509. The first-order chi connectivity index (χ1) is 5.25. The Morgan fingerprint density at radius 2 is 2.45 bits per heavy atom. The second-order valence-corrected chi connectivity index (χ2v) is 2.27. The molecule has 0 bridgehead atoms. The molecular formula is C7H11N3O. The third-order valence-electron chi connectivity index (χ3n) is 1.53.